The number of hydrogen-bond acceptors (Lipinski definition) is 3. The highest BCUT2D eigenvalue weighted by Crippen LogP contribution is 2.41. The van der Waals surface area contributed by atoms with Crippen LogP contribution in [0.4, 0.5) is 17.6 Å². The maximum atomic E-state index is 14.0. The van der Waals surface area contributed by atoms with Crippen LogP contribution in [0.15, 0.2) is 66.7 Å². The predicted octanol–water partition coefficient (Wildman–Crippen LogP) is 4.07. The predicted molar refractivity (Wildman–Crippen MR) is 92.2 cm³/mol. The molecule has 0 fully saturated rings. The van der Waals surface area contributed by atoms with E-state index >= 15 is 0 Å². The van der Waals surface area contributed by atoms with Gasteiger partial charge in [0.15, 0.2) is 28.9 Å². The van der Waals surface area contributed by atoms with Crippen LogP contribution in [0.3, 0.4) is 0 Å². The van der Waals surface area contributed by atoms with Crippen LogP contribution in [0.25, 0.3) is 0 Å². The highest BCUT2D eigenvalue weighted by molar-refractivity contribution is 5.72. The van der Waals surface area contributed by atoms with Crippen molar-refractivity contribution in [3.63, 3.8) is 0 Å². The molecule has 0 aliphatic carbocycles. The van der Waals surface area contributed by atoms with Gasteiger partial charge >= 0.3 is 5.97 Å². The maximum Gasteiger partial charge on any atom is 0.333 e. The van der Waals surface area contributed by atoms with Gasteiger partial charge in [0.2, 0.25) is 0 Å². The van der Waals surface area contributed by atoms with Crippen molar-refractivity contribution >= 4 is 5.97 Å². The second-order valence-electron chi connectivity index (χ2n) is 5.94. The lowest BCUT2D eigenvalue weighted by Gasteiger charge is -2.35. The topological polar surface area (TPSA) is 46.5 Å². The summed E-state index contributed by atoms with van der Waals surface area (Å²) in [6.07, 6.45) is 0. The molecule has 3 rings (SSSR count). The fourth-order valence-electron chi connectivity index (χ4n) is 2.98. The molecule has 0 atom stereocenters. The van der Waals surface area contributed by atoms with Crippen LogP contribution in [0.1, 0.15) is 16.7 Å². The molecule has 3 aromatic rings. The maximum absolute atomic E-state index is 14.0. The summed E-state index contributed by atoms with van der Waals surface area (Å²) >= 11 is 0. The summed E-state index contributed by atoms with van der Waals surface area (Å²) in [6.45, 7) is -1.01. The molecule has 0 amide bonds. The molecule has 3 nitrogen and oxygen atoms in total. The highest BCUT2D eigenvalue weighted by atomic mass is 19.2. The van der Waals surface area contributed by atoms with Crippen molar-refractivity contribution < 1.29 is 32.2 Å². The van der Waals surface area contributed by atoms with Crippen molar-refractivity contribution in [1.29, 1.82) is 0 Å². The fourth-order valence-corrected chi connectivity index (χ4v) is 2.98. The fraction of sp³-hybridized carbons (Fsp3) is 0.0952. The monoisotopic (exact) mass is 390 g/mol. The Kier molecular flexibility index (Phi) is 5.46. The minimum atomic E-state index is -1.95. The second-order valence-corrected chi connectivity index (χ2v) is 5.94. The average molecular weight is 390 g/mol. The number of ether oxygens (including phenoxy) is 1. The van der Waals surface area contributed by atoms with E-state index in [1.54, 1.807) is 18.2 Å². The standard InChI is InChI=1S/C21H14F4O3/c22-16-8-6-14(10-18(16)24)21(28-20(27)12-26,13-4-2-1-3-5-13)15-7-9-17(23)19(25)11-15/h1-11,26H,12H2. The quantitative estimate of drug-likeness (QED) is 0.406. The number of esters is 1. The van der Waals surface area contributed by atoms with Crippen LogP contribution in [-0.2, 0) is 15.1 Å². The Morgan fingerprint density at radius 1 is 0.750 bits per heavy atom. The van der Waals surface area contributed by atoms with E-state index in [1.807, 2.05) is 0 Å². The second kappa shape index (κ2) is 7.82. The zero-order valence-electron chi connectivity index (χ0n) is 14.3. The zero-order valence-corrected chi connectivity index (χ0v) is 14.3. The molecular formula is C21H14F4O3. The Bertz CT molecular complexity index is 954. The van der Waals surface area contributed by atoms with Gasteiger partial charge in [-0.3, -0.25) is 0 Å². The number of carbonyl (C=O) groups is 1. The van der Waals surface area contributed by atoms with Crippen molar-refractivity contribution in [2.45, 2.75) is 5.60 Å². The van der Waals surface area contributed by atoms with Crippen LogP contribution in [0, 0.1) is 23.3 Å². The molecular weight excluding hydrogens is 376 g/mol. The molecule has 0 saturated carbocycles. The van der Waals surface area contributed by atoms with Gasteiger partial charge in [0, 0.05) is 16.7 Å². The molecule has 3 aromatic carbocycles. The van der Waals surface area contributed by atoms with Gasteiger partial charge in [-0.1, -0.05) is 42.5 Å². The van der Waals surface area contributed by atoms with Crippen LogP contribution in [0.5, 0.6) is 0 Å². The molecule has 1 N–H and O–H groups in total. The molecule has 0 unspecified atom stereocenters. The number of carbonyl (C=O) groups excluding carboxylic acids is 1. The van der Waals surface area contributed by atoms with Crippen molar-refractivity contribution in [3.05, 3.63) is 107 Å². The molecule has 0 aromatic heterocycles. The lowest BCUT2D eigenvalue weighted by atomic mass is 9.80. The average Bonchev–Trinajstić information content (AvgIpc) is 2.71. The van der Waals surface area contributed by atoms with Gasteiger partial charge in [-0.2, -0.15) is 0 Å². The summed E-state index contributed by atoms with van der Waals surface area (Å²) in [5, 5.41) is 9.19. The van der Waals surface area contributed by atoms with E-state index in [0.717, 1.165) is 36.4 Å². The normalized spacial score (nSPS) is 11.3. The van der Waals surface area contributed by atoms with E-state index in [2.05, 4.69) is 0 Å². The third-order valence-electron chi connectivity index (χ3n) is 4.23. The minimum Gasteiger partial charge on any atom is -0.443 e. The molecule has 7 heteroatoms. The van der Waals surface area contributed by atoms with Gasteiger partial charge in [0.1, 0.15) is 6.61 Å². The van der Waals surface area contributed by atoms with E-state index in [-0.39, 0.29) is 16.7 Å². The minimum absolute atomic E-state index is 0.0505. The zero-order chi connectivity index (χ0) is 20.3. The summed E-state index contributed by atoms with van der Waals surface area (Å²) in [6, 6.07) is 13.5. The van der Waals surface area contributed by atoms with Crippen molar-refractivity contribution in [1.82, 2.24) is 0 Å². The van der Waals surface area contributed by atoms with Gasteiger partial charge in [-0.25, -0.2) is 22.4 Å². The van der Waals surface area contributed by atoms with E-state index in [9.17, 15) is 27.5 Å². The largest absolute Gasteiger partial charge is 0.443 e. The number of rotatable bonds is 5. The molecule has 0 spiro atoms. The lowest BCUT2D eigenvalue weighted by molar-refractivity contribution is -0.156. The summed E-state index contributed by atoms with van der Waals surface area (Å²) in [5.41, 5.74) is -1.80. The van der Waals surface area contributed by atoms with Gasteiger partial charge in [0.25, 0.3) is 0 Å². The summed E-state index contributed by atoms with van der Waals surface area (Å²) < 4.78 is 60.5. The Hall–Kier alpha value is -3.19. The summed E-state index contributed by atoms with van der Waals surface area (Å²) in [4.78, 5) is 12.0. The van der Waals surface area contributed by atoms with Gasteiger partial charge < -0.3 is 9.84 Å². The van der Waals surface area contributed by atoms with Crippen molar-refractivity contribution in [2.75, 3.05) is 6.61 Å². The Morgan fingerprint density at radius 3 is 1.68 bits per heavy atom. The van der Waals surface area contributed by atoms with Crippen LogP contribution in [0.2, 0.25) is 0 Å². The first-order valence-corrected chi connectivity index (χ1v) is 8.17. The van der Waals surface area contributed by atoms with E-state index < -0.39 is 41.4 Å². The van der Waals surface area contributed by atoms with E-state index in [4.69, 9.17) is 4.74 Å². The first-order valence-electron chi connectivity index (χ1n) is 8.17. The number of halogens is 4. The number of aliphatic hydroxyl groups excluding tert-OH is 1. The van der Waals surface area contributed by atoms with E-state index in [0.29, 0.717) is 0 Å². The summed E-state index contributed by atoms with van der Waals surface area (Å²) in [5.74, 6) is -5.81. The van der Waals surface area contributed by atoms with Crippen LogP contribution >= 0.6 is 0 Å². The van der Waals surface area contributed by atoms with Crippen LogP contribution < -0.4 is 0 Å². The highest BCUT2D eigenvalue weighted by Gasteiger charge is 2.41. The molecule has 0 aliphatic rings. The van der Waals surface area contributed by atoms with Crippen LogP contribution in [-0.4, -0.2) is 17.7 Å². The molecule has 0 saturated heterocycles. The number of aliphatic hydroxyl groups is 1. The van der Waals surface area contributed by atoms with Crippen molar-refractivity contribution in [3.8, 4) is 0 Å². The Morgan fingerprint density at radius 2 is 1.25 bits per heavy atom. The molecule has 0 radical (unpaired) electrons. The number of benzene rings is 3. The first-order chi connectivity index (χ1) is 13.4. The molecule has 0 heterocycles. The molecule has 28 heavy (non-hydrogen) atoms. The van der Waals surface area contributed by atoms with Gasteiger partial charge in [0.05, 0.1) is 0 Å². The van der Waals surface area contributed by atoms with Gasteiger partial charge in [-0.15, -0.1) is 0 Å². The molecule has 144 valence electrons. The van der Waals surface area contributed by atoms with E-state index in [1.165, 1.54) is 12.1 Å². The molecule has 0 bridgehead atoms. The lowest BCUT2D eigenvalue weighted by Crippen LogP contribution is -2.36. The Labute approximate surface area is 157 Å². The molecule has 0 aliphatic heterocycles. The van der Waals surface area contributed by atoms with Gasteiger partial charge in [-0.05, 0) is 24.3 Å². The third-order valence-corrected chi connectivity index (χ3v) is 4.23. The van der Waals surface area contributed by atoms with Crippen molar-refractivity contribution in [2.24, 2.45) is 0 Å². The summed E-state index contributed by atoms with van der Waals surface area (Å²) in [7, 11) is 0. The smallest absolute Gasteiger partial charge is 0.333 e. The SMILES string of the molecule is O=C(CO)OC(c1ccccc1)(c1ccc(F)c(F)c1)c1ccc(F)c(F)c1. The third kappa shape index (κ3) is 3.48. The Balaban J connectivity index is 2.38. The first kappa shape index (κ1) is 19.6. The number of hydrogen-bond donors (Lipinski definition) is 1.